The molecule has 10 heteroatoms. The molecule has 0 heterocycles. The van der Waals surface area contributed by atoms with E-state index >= 15 is 0 Å². The van der Waals surface area contributed by atoms with Crippen LogP contribution in [0.5, 0.6) is 0 Å². The highest BCUT2D eigenvalue weighted by Crippen LogP contribution is 2.36. The van der Waals surface area contributed by atoms with Crippen molar-refractivity contribution >= 4 is 33.2 Å². The van der Waals surface area contributed by atoms with Crippen molar-refractivity contribution in [3.8, 4) is 0 Å². The molecule has 34 heavy (non-hydrogen) atoms. The quantitative estimate of drug-likeness (QED) is 0.392. The molecule has 0 bridgehead atoms. The monoisotopic (exact) mass is 510 g/mol. The second kappa shape index (κ2) is 10.6. The fraction of sp³-hybridized carbons (Fsp3) is 0.208. The van der Waals surface area contributed by atoms with Gasteiger partial charge in [0, 0.05) is 18.2 Å². The molecule has 0 spiro atoms. The van der Waals surface area contributed by atoms with E-state index in [1.165, 1.54) is 18.2 Å². The first kappa shape index (κ1) is 25.7. The van der Waals surface area contributed by atoms with E-state index in [1.807, 2.05) is 30.3 Å². The van der Waals surface area contributed by atoms with Crippen LogP contribution in [0, 0.1) is 0 Å². The van der Waals surface area contributed by atoms with Crippen LogP contribution in [0.2, 0.25) is 5.02 Å². The Balaban J connectivity index is 1.58. The Kier molecular flexibility index (Phi) is 8.01. The number of alkyl halides is 3. The van der Waals surface area contributed by atoms with Crippen molar-refractivity contribution in [2.75, 3.05) is 5.32 Å². The molecule has 3 rings (SSSR count). The Labute approximate surface area is 201 Å². The maximum atomic E-state index is 13.0. The van der Waals surface area contributed by atoms with Gasteiger partial charge >= 0.3 is 6.18 Å². The van der Waals surface area contributed by atoms with Crippen LogP contribution in [-0.4, -0.2) is 14.3 Å². The van der Waals surface area contributed by atoms with E-state index < -0.39 is 38.7 Å². The molecule has 3 aromatic rings. The van der Waals surface area contributed by atoms with E-state index in [0.717, 1.165) is 17.7 Å². The van der Waals surface area contributed by atoms with Gasteiger partial charge in [-0.2, -0.15) is 13.2 Å². The minimum Gasteiger partial charge on any atom is -0.326 e. The van der Waals surface area contributed by atoms with Crippen LogP contribution in [0.15, 0.2) is 77.7 Å². The summed E-state index contributed by atoms with van der Waals surface area (Å²) < 4.78 is 66.8. The van der Waals surface area contributed by atoms with Crippen LogP contribution < -0.4 is 10.0 Å². The number of benzene rings is 3. The zero-order chi connectivity index (χ0) is 24.9. The predicted molar refractivity (Wildman–Crippen MR) is 125 cm³/mol. The number of hydrogen-bond acceptors (Lipinski definition) is 3. The van der Waals surface area contributed by atoms with Gasteiger partial charge in [-0.3, -0.25) is 4.79 Å². The predicted octanol–water partition coefficient (Wildman–Crippen LogP) is 5.97. The number of aryl methyl sites for hydroxylation is 1. The molecule has 0 aliphatic rings. The number of halogens is 4. The van der Waals surface area contributed by atoms with Gasteiger partial charge < -0.3 is 5.32 Å². The summed E-state index contributed by atoms with van der Waals surface area (Å²) in [5, 5.41) is 1.97. The number of anilines is 1. The smallest absolute Gasteiger partial charge is 0.326 e. The zero-order valence-corrected chi connectivity index (χ0v) is 19.6. The number of rotatable bonds is 8. The molecule has 0 aliphatic heterocycles. The molecular formula is C24H22ClF3N2O3S. The van der Waals surface area contributed by atoms with Crippen molar-refractivity contribution in [1.82, 2.24) is 4.72 Å². The lowest BCUT2D eigenvalue weighted by molar-refractivity contribution is -0.137. The van der Waals surface area contributed by atoms with Gasteiger partial charge in [0.15, 0.2) is 0 Å². The van der Waals surface area contributed by atoms with E-state index in [0.29, 0.717) is 5.56 Å². The van der Waals surface area contributed by atoms with Gasteiger partial charge in [0.25, 0.3) is 0 Å². The Morgan fingerprint density at radius 1 is 1.00 bits per heavy atom. The van der Waals surface area contributed by atoms with E-state index in [-0.39, 0.29) is 23.4 Å². The molecule has 3 aromatic carbocycles. The summed E-state index contributed by atoms with van der Waals surface area (Å²) >= 11 is 5.58. The lowest BCUT2D eigenvalue weighted by atomic mass is 10.1. The summed E-state index contributed by atoms with van der Waals surface area (Å²) in [6.45, 7) is 1.75. The first-order valence-electron chi connectivity index (χ1n) is 10.3. The molecule has 0 saturated heterocycles. The van der Waals surface area contributed by atoms with Gasteiger partial charge in [-0.15, -0.1) is 0 Å². The van der Waals surface area contributed by atoms with Crippen molar-refractivity contribution in [1.29, 1.82) is 0 Å². The van der Waals surface area contributed by atoms with Crippen molar-refractivity contribution in [3.63, 3.8) is 0 Å². The molecule has 0 radical (unpaired) electrons. The maximum Gasteiger partial charge on any atom is 0.417 e. The molecule has 0 saturated carbocycles. The highest BCUT2D eigenvalue weighted by atomic mass is 35.5. The number of nitrogens with one attached hydrogen (secondary N) is 2. The maximum absolute atomic E-state index is 13.0. The fourth-order valence-electron chi connectivity index (χ4n) is 3.25. The summed E-state index contributed by atoms with van der Waals surface area (Å²) in [6, 6.07) is 18.0. The first-order valence-corrected chi connectivity index (χ1v) is 12.1. The Bertz CT molecular complexity index is 1250. The number of sulfonamides is 1. The average Bonchev–Trinajstić information content (AvgIpc) is 2.79. The van der Waals surface area contributed by atoms with Crippen LogP contribution >= 0.6 is 11.6 Å². The lowest BCUT2D eigenvalue weighted by Gasteiger charge is -2.15. The summed E-state index contributed by atoms with van der Waals surface area (Å²) in [4.78, 5) is 12.3. The van der Waals surface area contributed by atoms with E-state index in [1.54, 1.807) is 19.1 Å². The van der Waals surface area contributed by atoms with E-state index in [9.17, 15) is 26.4 Å². The fourth-order valence-corrected chi connectivity index (χ4v) is 4.70. The van der Waals surface area contributed by atoms with Gasteiger partial charge in [-0.1, -0.05) is 54.1 Å². The van der Waals surface area contributed by atoms with Gasteiger partial charge in [0.2, 0.25) is 15.9 Å². The molecule has 1 atom stereocenters. The van der Waals surface area contributed by atoms with Crippen molar-refractivity contribution in [2.24, 2.45) is 0 Å². The zero-order valence-electron chi connectivity index (χ0n) is 18.1. The number of amides is 1. The third-order valence-electron chi connectivity index (χ3n) is 5.06. The van der Waals surface area contributed by atoms with Crippen LogP contribution in [0.4, 0.5) is 18.9 Å². The van der Waals surface area contributed by atoms with Gasteiger partial charge in [0.05, 0.1) is 15.5 Å². The molecule has 0 fully saturated rings. The molecule has 0 aliphatic carbocycles. The first-order chi connectivity index (χ1) is 16.0. The van der Waals surface area contributed by atoms with Crippen molar-refractivity contribution in [2.45, 2.75) is 36.9 Å². The van der Waals surface area contributed by atoms with Gasteiger partial charge in [-0.25, -0.2) is 13.1 Å². The third-order valence-corrected chi connectivity index (χ3v) is 6.95. The lowest BCUT2D eigenvalue weighted by Crippen LogP contribution is -2.26. The van der Waals surface area contributed by atoms with Gasteiger partial charge in [0.1, 0.15) is 0 Å². The Morgan fingerprint density at radius 2 is 1.65 bits per heavy atom. The second-order valence-electron chi connectivity index (χ2n) is 7.64. The SMILES string of the molecule is C[C@H](NS(=O)(=O)c1ccc(CCC(=O)Nc2ccc(Cl)c(C(F)(F)F)c2)cc1)c1ccccc1. The van der Waals surface area contributed by atoms with Crippen molar-refractivity contribution < 1.29 is 26.4 Å². The molecule has 180 valence electrons. The second-order valence-corrected chi connectivity index (χ2v) is 9.76. The minimum absolute atomic E-state index is 0.000629. The van der Waals surface area contributed by atoms with E-state index in [4.69, 9.17) is 11.6 Å². The van der Waals surface area contributed by atoms with Crippen LogP contribution in [0.3, 0.4) is 0 Å². The summed E-state index contributed by atoms with van der Waals surface area (Å²) in [5.41, 5.74) is 0.495. The molecule has 0 unspecified atom stereocenters. The summed E-state index contributed by atoms with van der Waals surface area (Å²) in [6.07, 6.45) is -4.35. The molecule has 1 amide bonds. The third kappa shape index (κ3) is 6.82. The Morgan fingerprint density at radius 3 is 2.26 bits per heavy atom. The highest BCUT2D eigenvalue weighted by Gasteiger charge is 2.33. The topological polar surface area (TPSA) is 75.3 Å². The number of carbonyl (C=O) groups is 1. The molecule has 0 aromatic heterocycles. The largest absolute Gasteiger partial charge is 0.417 e. The number of carbonyl (C=O) groups excluding carboxylic acids is 1. The highest BCUT2D eigenvalue weighted by molar-refractivity contribution is 7.89. The number of hydrogen-bond donors (Lipinski definition) is 2. The normalized spacial score (nSPS) is 12.9. The Hall–Kier alpha value is -2.88. The standard InChI is InChI=1S/C24H22ClF3N2O3S/c1-16(18-5-3-2-4-6-18)30-34(32,33)20-11-7-17(8-12-20)9-14-23(31)29-19-10-13-22(25)21(15-19)24(26,27)28/h2-8,10-13,15-16,30H,9,14H2,1H3,(H,29,31)/t16-/m0/s1. The van der Waals surface area contributed by atoms with Gasteiger partial charge in [-0.05, 0) is 54.8 Å². The molecular weight excluding hydrogens is 489 g/mol. The minimum atomic E-state index is -4.63. The van der Waals surface area contributed by atoms with Crippen LogP contribution in [0.25, 0.3) is 0 Å². The van der Waals surface area contributed by atoms with Crippen molar-refractivity contribution in [3.05, 3.63) is 94.5 Å². The molecule has 5 nitrogen and oxygen atoms in total. The summed E-state index contributed by atoms with van der Waals surface area (Å²) in [7, 11) is -3.75. The summed E-state index contributed by atoms with van der Waals surface area (Å²) in [5.74, 6) is -0.481. The average molecular weight is 511 g/mol. The van der Waals surface area contributed by atoms with E-state index in [2.05, 4.69) is 10.0 Å². The van der Waals surface area contributed by atoms with Crippen LogP contribution in [-0.2, 0) is 27.4 Å². The molecule has 2 N–H and O–H groups in total. The van der Waals surface area contributed by atoms with Crippen LogP contribution in [0.1, 0.15) is 36.1 Å².